The lowest BCUT2D eigenvalue weighted by atomic mass is 10.1. The second-order valence-corrected chi connectivity index (χ2v) is 9.54. The zero-order chi connectivity index (χ0) is 25.7. The minimum Gasteiger partial charge on any atom is -0.326 e. The maximum atomic E-state index is 13.9. The summed E-state index contributed by atoms with van der Waals surface area (Å²) in [6, 6.07) is 7.80. The minimum absolute atomic E-state index is 0.0337. The van der Waals surface area contributed by atoms with Crippen LogP contribution in [0, 0.1) is 35.0 Å². The molecule has 182 valence electrons. The Balaban J connectivity index is 1.52. The molecule has 0 heterocycles. The molecule has 3 aromatic rings. The second kappa shape index (κ2) is 9.29. The Morgan fingerprint density at radius 2 is 1.49 bits per heavy atom. The molecular weight excluding hydrogens is 538 g/mol. The number of amides is 2. The van der Waals surface area contributed by atoms with E-state index < -0.39 is 57.1 Å². The first kappa shape index (κ1) is 25.2. The Hall–Kier alpha value is -2.88. The van der Waals surface area contributed by atoms with Crippen LogP contribution in [-0.2, 0) is 4.79 Å². The SMILES string of the molecule is O=C(Nc1ccc(F)cc1F)c1cc(NC(=O)C2C(c3cc(F)c(F)c(F)c3)C2(Cl)Cl)ccc1Cl. The average Bonchev–Trinajstić information content (AvgIpc) is 3.37. The van der Waals surface area contributed by atoms with Crippen LogP contribution < -0.4 is 10.6 Å². The lowest BCUT2D eigenvalue weighted by Crippen LogP contribution is -2.18. The van der Waals surface area contributed by atoms with Gasteiger partial charge in [0.15, 0.2) is 17.5 Å². The van der Waals surface area contributed by atoms with Crippen molar-refractivity contribution in [3.05, 3.63) is 93.8 Å². The number of benzene rings is 3. The van der Waals surface area contributed by atoms with Gasteiger partial charge in [-0.2, -0.15) is 0 Å². The van der Waals surface area contributed by atoms with Gasteiger partial charge in [-0.05, 0) is 48.0 Å². The molecular formula is C23H12Cl3F5N2O2. The molecule has 3 aromatic carbocycles. The monoisotopic (exact) mass is 548 g/mol. The molecule has 4 nitrogen and oxygen atoms in total. The average molecular weight is 550 g/mol. The normalized spacial score (nSPS) is 18.2. The summed E-state index contributed by atoms with van der Waals surface area (Å²) in [7, 11) is 0. The van der Waals surface area contributed by atoms with E-state index in [0.29, 0.717) is 18.2 Å². The number of carbonyl (C=O) groups is 2. The third kappa shape index (κ3) is 4.94. The van der Waals surface area contributed by atoms with Crippen LogP contribution in [0.3, 0.4) is 0 Å². The summed E-state index contributed by atoms with van der Waals surface area (Å²) in [6.07, 6.45) is 0. The minimum atomic E-state index is -1.73. The Labute approximate surface area is 210 Å². The van der Waals surface area contributed by atoms with Gasteiger partial charge in [0, 0.05) is 17.7 Å². The Kier molecular flexibility index (Phi) is 6.70. The summed E-state index contributed by atoms with van der Waals surface area (Å²) < 4.78 is 65.7. The molecule has 0 aromatic heterocycles. The molecule has 1 saturated carbocycles. The van der Waals surface area contributed by atoms with Crippen LogP contribution in [0.1, 0.15) is 21.8 Å². The van der Waals surface area contributed by atoms with Crippen LogP contribution in [-0.4, -0.2) is 16.1 Å². The van der Waals surface area contributed by atoms with Gasteiger partial charge in [-0.1, -0.05) is 11.6 Å². The highest BCUT2D eigenvalue weighted by Gasteiger charge is 2.67. The molecule has 2 N–H and O–H groups in total. The molecule has 35 heavy (non-hydrogen) atoms. The van der Waals surface area contributed by atoms with Crippen molar-refractivity contribution in [2.24, 2.45) is 5.92 Å². The van der Waals surface area contributed by atoms with E-state index in [1.54, 1.807) is 0 Å². The first-order valence-electron chi connectivity index (χ1n) is 9.79. The fourth-order valence-corrected chi connectivity index (χ4v) is 4.63. The number of carbonyl (C=O) groups excluding carboxylic acids is 2. The molecule has 1 aliphatic carbocycles. The first-order valence-corrected chi connectivity index (χ1v) is 10.9. The van der Waals surface area contributed by atoms with Crippen molar-refractivity contribution in [3.63, 3.8) is 0 Å². The molecule has 0 spiro atoms. The fourth-order valence-electron chi connectivity index (χ4n) is 3.60. The van der Waals surface area contributed by atoms with Crippen LogP contribution in [0.5, 0.6) is 0 Å². The Morgan fingerprint density at radius 1 is 0.829 bits per heavy atom. The zero-order valence-corrected chi connectivity index (χ0v) is 19.4. The van der Waals surface area contributed by atoms with Crippen molar-refractivity contribution in [2.75, 3.05) is 10.6 Å². The first-order chi connectivity index (χ1) is 16.4. The fraction of sp³-hybridized carbons (Fsp3) is 0.130. The standard InChI is InChI=1S/C23H12Cl3F5N2O2/c24-13-3-2-11(8-12(13)21(34)33-17-4-1-10(27)7-14(17)28)32-22(35)19-18(23(19,25)26)9-5-15(29)20(31)16(30)6-9/h1-8,18-19H,(H,32,35)(H,33,34). The van der Waals surface area contributed by atoms with E-state index >= 15 is 0 Å². The molecule has 2 unspecified atom stereocenters. The Bertz CT molecular complexity index is 1350. The van der Waals surface area contributed by atoms with Gasteiger partial charge in [0.25, 0.3) is 5.91 Å². The summed E-state index contributed by atoms with van der Waals surface area (Å²) in [6.45, 7) is 0. The largest absolute Gasteiger partial charge is 0.326 e. The van der Waals surface area contributed by atoms with E-state index in [9.17, 15) is 31.5 Å². The highest BCUT2D eigenvalue weighted by Crippen LogP contribution is 2.65. The maximum absolute atomic E-state index is 13.9. The van der Waals surface area contributed by atoms with Crippen LogP contribution in [0.25, 0.3) is 0 Å². The lowest BCUT2D eigenvalue weighted by molar-refractivity contribution is -0.117. The number of hydrogen-bond donors (Lipinski definition) is 2. The molecule has 12 heteroatoms. The number of rotatable bonds is 5. The van der Waals surface area contributed by atoms with Crippen molar-refractivity contribution in [1.29, 1.82) is 0 Å². The van der Waals surface area contributed by atoms with Gasteiger partial charge in [0.2, 0.25) is 5.91 Å². The van der Waals surface area contributed by atoms with E-state index in [2.05, 4.69) is 10.6 Å². The quantitative estimate of drug-likeness (QED) is 0.209. The van der Waals surface area contributed by atoms with Crippen LogP contribution in [0.15, 0.2) is 48.5 Å². The summed E-state index contributed by atoms with van der Waals surface area (Å²) in [4.78, 5) is 25.4. The number of alkyl halides is 2. The van der Waals surface area contributed by atoms with Crippen molar-refractivity contribution in [2.45, 2.75) is 10.3 Å². The predicted octanol–water partition coefficient (Wildman–Crippen LogP) is 6.81. The lowest BCUT2D eigenvalue weighted by Gasteiger charge is -2.11. The molecule has 0 radical (unpaired) electrons. The second-order valence-electron chi connectivity index (χ2n) is 7.69. The number of halogens is 8. The molecule has 1 fully saturated rings. The topological polar surface area (TPSA) is 58.2 Å². The van der Waals surface area contributed by atoms with Gasteiger partial charge in [0.1, 0.15) is 16.0 Å². The van der Waals surface area contributed by atoms with Crippen LogP contribution >= 0.6 is 34.8 Å². The van der Waals surface area contributed by atoms with Crippen LogP contribution in [0.4, 0.5) is 33.3 Å². The molecule has 0 bridgehead atoms. The number of nitrogens with one attached hydrogen (secondary N) is 2. The highest BCUT2D eigenvalue weighted by atomic mass is 35.5. The summed E-state index contributed by atoms with van der Waals surface area (Å²) in [5.41, 5.74) is -0.471. The van der Waals surface area contributed by atoms with E-state index in [4.69, 9.17) is 34.8 Å². The van der Waals surface area contributed by atoms with Gasteiger partial charge in [-0.3, -0.25) is 9.59 Å². The molecule has 0 saturated heterocycles. The van der Waals surface area contributed by atoms with Crippen molar-refractivity contribution in [1.82, 2.24) is 0 Å². The smallest absolute Gasteiger partial charge is 0.257 e. The number of hydrogen-bond acceptors (Lipinski definition) is 2. The van der Waals surface area contributed by atoms with Gasteiger partial charge < -0.3 is 10.6 Å². The third-order valence-electron chi connectivity index (χ3n) is 5.36. The summed E-state index contributed by atoms with van der Waals surface area (Å²) >= 11 is 18.4. The van der Waals surface area contributed by atoms with Gasteiger partial charge >= 0.3 is 0 Å². The van der Waals surface area contributed by atoms with Crippen molar-refractivity contribution >= 4 is 58.0 Å². The Morgan fingerprint density at radius 3 is 2.11 bits per heavy atom. The van der Waals surface area contributed by atoms with Crippen molar-refractivity contribution in [3.8, 4) is 0 Å². The van der Waals surface area contributed by atoms with Gasteiger partial charge in [-0.25, -0.2) is 22.0 Å². The molecule has 4 rings (SSSR count). The summed E-state index contributed by atoms with van der Waals surface area (Å²) in [5, 5.41) is 4.68. The maximum Gasteiger partial charge on any atom is 0.257 e. The van der Waals surface area contributed by atoms with E-state index in [1.807, 2.05) is 0 Å². The molecule has 2 amide bonds. The van der Waals surface area contributed by atoms with E-state index in [0.717, 1.165) is 12.1 Å². The van der Waals surface area contributed by atoms with Gasteiger partial charge in [-0.15, -0.1) is 23.2 Å². The van der Waals surface area contributed by atoms with E-state index in [1.165, 1.54) is 18.2 Å². The van der Waals surface area contributed by atoms with Crippen LogP contribution in [0.2, 0.25) is 5.02 Å². The zero-order valence-electron chi connectivity index (χ0n) is 17.1. The third-order valence-corrected chi connectivity index (χ3v) is 6.63. The van der Waals surface area contributed by atoms with Crippen molar-refractivity contribution < 1.29 is 31.5 Å². The molecule has 0 aliphatic heterocycles. The summed E-state index contributed by atoms with van der Waals surface area (Å²) in [5.74, 6) is -10.2. The highest BCUT2D eigenvalue weighted by molar-refractivity contribution is 6.53. The predicted molar refractivity (Wildman–Crippen MR) is 121 cm³/mol. The molecule has 1 aliphatic rings. The molecule has 2 atom stereocenters. The number of anilines is 2. The van der Waals surface area contributed by atoms with E-state index in [-0.39, 0.29) is 27.5 Å². The van der Waals surface area contributed by atoms with Gasteiger partial charge in [0.05, 0.1) is 22.2 Å².